The highest BCUT2D eigenvalue weighted by Gasteiger charge is 2.19. The van der Waals surface area contributed by atoms with Gasteiger partial charge in [-0.3, -0.25) is 4.18 Å². The molecule has 0 radical (unpaired) electrons. The van der Waals surface area contributed by atoms with Gasteiger partial charge in [-0.2, -0.15) is 3.63 Å². The van der Waals surface area contributed by atoms with Gasteiger partial charge in [-0.25, -0.2) is 7.93 Å². The highest BCUT2D eigenvalue weighted by Crippen LogP contribution is 2.31. The monoisotopic (exact) mass is 279 g/mol. The van der Waals surface area contributed by atoms with Crippen molar-refractivity contribution in [2.75, 3.05) is 14.1 Å². The fourth-order valence-electron chi connectivity index (χ4n) is 0.207. The quantitative estimate of drug-likeness (QED) is 0.312. The molecule has 0 unspecified atom stereocenters. The van der Waals surface area contributed by atoms with Crippen LogP contribution in [-0.4, -0.2) is 27.9 Å². The molecule has 5 nitrogen and oxygen atoms in total. The van der Waals surface area contributed by atoms with Crippen molar-refractivity contribution < 1.29 is 16.0 Å². The molecule has 0 heterocycles. The molecule has 14 heavy (non-hydrogen) atoms. The maximum atomic E-state index is 8.74. The molecule has 0 spiro atoms. The average molecular weight is 279 g/mol. The predicted octanol–water partition coefficient (Wildman–Crippen LogP) is 3.23. The molecule has 1 N–H and O–H groups in total. The summed E-state index contributed by atoms with van der Waals surface area (Å²) >= 11 is 3.31. The van der Waals surface area contributed by atoms with Gasteiger partial charge in [0.2, 0.25) is 0 Å². The summed E-state index contributed by atoms with van der Waals surface area (Å²) < 4.78 is 25.3. The Morgan fingerprint density at radius 2 is 1.79 bits per heavy atom. The lowest BCUT2D eigenvalue weighted by Gasteiger charge is -2.17. The largest absolute Gasteiger partial charge is 0.328 e. The van der Waals surface area contributed by atoms with Crippen LogP contribution in [-0.2, 0) is 11.4 Å². The second kappa shape index (κ2) is 8.36. The van der Waals surface area contributed by atoms with E-state index in [-0.39, 0.29) is 0 Å². The van der Waals surface area contributed by atoms with Crippen LogP contribution in [0, 0.1) is 0 Å². The molecule has 0 rings (SSSR count). The van der Waals surface area contributed by atoms with E-state index >= 15 is 0 Å². The normalized spacial score (nSPS) is 12.4. The van der Waals surface area contributed by atoms with E-state index < -0.39 is 4.93 Å². The zero-order valence-electron chi connectivity index (χ0n) is 8.25. The van der Waals surface area contributed by atoms with Gasteiger partial charge in [0.25, 0.3) is 0 Å². The van der Waals surface area contributed by atoms with Crippen LogP contribution >= 0.6 is 48.9 Å². The summed E-state index contributed by atoms with van der Waals surface area (Å²) in [7, 11) is 3.70. The van der Waals surface area contributed by atoms with E-state index in [0.717, 1.165) is 36.9 Å². The maximum Gasteiger partial charge on any atom is 0.187 e. The minimum Gasteiger partial charge on any atom is -0.328 e. The van der Waals surface area contributed by atoms with E-state index in [9.17, 15) is 0 Å². The van der Waals surface area contributed by atoms with Gasteiger partial charge in [-0.05, 0) is 27.9 Å². The standard InChI is InChI=1S/C5H13NO4S4/c1-5(2,11-7)8-13-10-14-9-12-6(3)4/h7H,1-4H3. The van der Waals surface area contributed by atoms with Crippen molar-refractivity contribution in [3.8, 4) is 0 Å². The first-order valence-electron chi connectivity index (χ1n) is 3.50. The van der Waals surface area contributed by atoms with Gasteiger partial charge in [0.15, 0.2) is 24.6 Å². The van der Waals surface area contributed by atoms with E-state index in [1.54, 1.807) is 18.2 Å². The third-order valence-corrected chi connectivity index (χ3v) is 3.04. The second-order valence-electron chi connectivity index (χ2n) is 2.73. The minimum absolute atomic E-state index is 0.609. The molecular weight excluding hydrogens is 266 g/mol. The van der Waals surface area contributed by atoms with Crippen molar-refractivity contribution in [3.05, 3.63) is 0 Å². The summed E-state index contributed by atoms with van der Waals surface area (Å²) in [6.45, 7) is 3.43. The van der Waals surface area contributed by atoms with Crippen LogP contribution in [0.3, 0.4) is 0 Å². The number of rotatable bonds is 8. The van der Waals surface area contributed by atoms with Crippen molar-refractivity contribution in [1.82, 2.24) is 4.31 Å². The second-order valence-corrected chi connectivity index (χ2v) is 6.31. The van der Waals surface area contributed by atoms with E-state index in [1.807, 2.05) is 14.1 Å². The molecule has 9 heteroatoms. The highest BCUT2D eigenvalue weighted by atomic mass is 32.3. The Hall–Kier alpha value is 1.20. The zero-order valence-corrected chi connectivity index (χ0v) is 11.5. The van der Waals surface area contributed by atoms with E-state index in [4.69, 9.17) is 16.0 Å². The van der Waals surface area contributed by atoms with Gasteiger partial charge in [0.1, 0.15) is 4.93 Å². The number of nitrogens with zero attached hydrogens (tertiary/aromatic N) is 1. The Bertz CT molecular complexity index is 148. The number of hydrogen-bond donors (Lipinski definition) is 1. The van der Waals surface area contributed by atoms with Crippen LogP contribution in [0.15, 0.2) is 0 Å². The van der Waals surface area contributed by atoms with E-state index in [2.05, 4.69) is 0 Å². The lowest BCUT2D eigenvalue weighted by molar-refractivity contribution is 0.227. The van der Waals surface area contributed by atoms with Crippen LogP contribution in [0.1, 0.15) is 13.8 Å². The molecule has 0 aromatic heterocycles. The Balaban J connectivity index is 3.21. The van der Waals surface area contributed by atoms with E-state index in [0.29, 0.717) is 12.0 Å². The van der Waals surface area contributed by atoms with Gasteiger partial charge < -0.3 is 4.55 Å². The summed E-state index contributed by atoms with van der Waals surface area (Å²) in [5, 5.41) is 0. The fourth-order valence-corrected chi connectivity index (χ4v) is 1.66. The summed E-state index contributed by atoms with van der Waals surface area (Å²) in [6.07, 6.45) is 0. The minimum atomic E-state index is -0.695. The first-order valence-corrected chi connectivity index (χ1v) is 6.31. The third-order valence-electron chi connectivity index (χ3n) is 0.717. The van der Waals surface area contributed by atoms with Crippen molar-refractivity contribution >= 4 is 48.9 Å². The summed E-state index contributed by atoms with van der Waals surface area (Å²) in [5.41, 5.74) is 0. The van der Waals surface area contributed by atoms with E-state index in [1.165, 1.54) is 0 Å². The predicted molar refractivity (Wildman–Crippen MR) is 64.0 cm³/mol. The molecule has 0 aromatic carbocycles. The van der Waals surface area contributed by atoms with Crippen LogP contribution < -0.4 is 0 Å². The lowest BCUT2D eigenvalue weighted by Crippen LogP contribution is -2.14. The Labute approximate surface area is 102 Å². The molecule has 0 aliphatic carbocycles. The average Bonchev–Trinajstić information content (AvgIpc) is 2.10. The third kappa shape index (κ3) is 9.74. The SMILES string of the molecule is CN(C)SOSOSOC(C)(C)SO. The molecule has 0 amide bonds. The van der Waals surface area contributed by atoms with Gasteiger partial charge >= 0.3 is 0 Å². The molecule has 0 aliphatic rings. The van der Waals surface area contributed by atoms with Crippen molar-refractivity contribution in [3.63, 3.8) is 0 Å². The maximum absolute atomic E-state index is 8.74. The number of hydrogen-bond acceptors (Lipinski definition) is 9. The van der Waals surface area contributed by atoms with Crippen LogP contribution in [0.4, 0.5) is 0 Å². The topological polar surface area (TPSA) is 51.2 Å². The first kappa shape index (κ1) is 15.2. The smallest absolute Gasteiger partial charge is 0.187 e. The van der Waals surface area contributed by atoms with Gasteiger partial charge in [-0.1, -0.05) is 0 Å². The van der Waals surface area contributed by atoms with Crippen molar-refractivity contribution in [1.29, 1.82) is 0 Å². The van der Waals surface area contributed by atoms with Crippen LogP contribution in [0.25, 0.3) is 0 Å². The van der Waals surface area contributed by atoms with Gasteiger partial charge in [0.05, 0.1) is 12.2 Å². The summed E-state index contributed by atoms with van der Waals surface area (Å²) in [4.78, 5) is -0.695. The van der Waals surface area contributed by atoms with Crippen LogP contribution in [0.2, 0.25) is 0 Å². The first-order chi connectivity index (χ1) is 6.48. The molecule has 0 saturated heterocycles. The molecule has 0 fully saturated rings. The summed E-state index contributed by atoms with van der Waals surface area (Å²) in [6, 6.07) is 0. The molecule has 86 valence electrons. The lowest BCUT2D eigenvalue weighted by atomic mass is 10.5. The van der Waals surface area contributed by atoms with Gasteiger partial charge in [-0.15, -0.1) is 0 Å². The molecule has 0 aliphatic heterocycles. The molecule has 0 atom stereocenters. The van der Waals surface area contributed by atoms with Crippen LogP contribution in [0.5, 0.6) is 0 Å². The zero-order chi connectivity index (χ0) is 11.0. The van der Waals surface area contributed by atoms with Gasteiger partial charge in [0, 0.05) is 12.0 Å². The highest BCUT2D eigenvalue weighted by molar-refractivity contribution is 8.09. The van der Waals surface area contributed by atoms with Crippen molar-refractivity contribution in [2.45, 2.75) is 18.8 Å². The van der Waals surface area contributed by atoms with Crippen molar-refractivity contribution in [2.24, 2.45) is 0 Å². The Kier molecular flexibility index (Phi) is 9.08. The summed E-state index contributed by atoms with van der Waals surface area (Å²) in [5.74, 6) is 0. The molecular formula is C5H13NO4S4. The molecule has 0 bridgehead atoms. The Morgan fingerprint density at radius 1 is 1.14 bits per heavy atom. The molecule has 0 saturated carbocycles. The fraction of sp³-hybridized carbons (Fsp3) is 1.00. The Morgan fingerprint density at radius 3 is 2.29 bits per heavy atom. The molecule has 0 aromatic rings.